The summed E-state index contributed by atoms with van der Waals surface area (Å²) in [7, 11) is -2.37. The number of sulfonamides is 1. The summed E-state index contributed by atoms with van der Waals surface area (Å²) >= 11 is 0. The lowest BCUT2D eigenvalue weighted by Crippen LogP contribution is -2.36. The number of pyridine rings is 1. The van der Waals surface area contributed by atoms with E-state index in [1.54, 1.807) is 47.0 Å². The molecule has 0 saturated heterocycles. The Kier molecular flexibility index (Phi) is 2.47. The highest BCUT2D eigenvalue weighted by molar-refractivity contribution is 7.93. The lowest BCUT2D eigenvalue weighted by atomic mass is 10.1. The molecular weight excluding hydrogens is 302 g/mol. The van der Waals surface area contributed by atoms with Crippen molar-refractivity contribution in [3.8, 4) is 11.3 Å². The Hall–Kier alpha value is -2.67. The molecule has 0 fully saturated rings. The molecular formula is C15H11N3O3S. The Labute approximate surface area is 126 Å². The molecule has 3 aromatic rings. The third kappa shape index (κ3) is 1.51. The SMILES string of the molecule is CN1c2c(n3ccccc3nc2=O)-c2ccccc2S1(=O)=O. The van der Waals surface area contributed by atoms with Gasteiger partial charge >= 0.3 is 0 Å². The summed E-state index contributed by atoms with van der Waals surface area (Å²) in [6.07, 6.45) is 1.77. The molecule has 2 aromatic heterocycles. The maximum atomic E-state index is 12.6. The highest BCUT2D eigenvalue weighted by atomic mass is 32.2. The van der Waals surface area contributed by atoms with E-state index >= 15 is 0 Å². The first-order valence-corrected chi connectivity index (χ1v) is 8.05. The predicted octanol–water partition coefficient (Wildman–Crippen LogP) is 1.50. The molecule has 1 aliphatic rings. The van der Waals surface area contributed by atoms with Crippen LogP contribution in [0.3, 0.4) is 0 Å². The minimum atomic E-state index is -3.75. The fraction of sp³-hybridized carbons (Fsp3) is 0.0667. The van der Waals surface area contributed by atoms with Crippen molar-refractivity contribution in [1.29, 1.82) is 0 Å². The number of nitrogens with zero attached hydrogens (tertiary/aromatic N) is 3. The van der Waals surface area contributed by atoms with Gasteiger partial charge in [0.2, 0.25) is 0 Å². The Balaban J connectivity index is 2.31. The van der Waals surface area contributed by atoms with Gasteiger partial charge in [0.1, 0.15) is 11.3 Å². The van der Waals surface area contributed by atoms with Crippen molar-refractivity contribution in [2.45, 2.75) is 4.90 Å². The maximum Gasteiger partial charge on any atom is 0.298 e. The van der Waals surface area contributed by atoms with Gasteiger partial charge in [-0.05, 0) is 18.2 Å². The van der Waals surface area contributed by atoms with Crippen molar-refractivity contribution in [2.75, 3.05) is 11.4 Å². The topological polar surface area (TPSA) is 71.8 Å². The standard InChI is InChI=1S/C15H11N3O3S/c1-17-14-13(10-6-2-3-7-11(10)22(17,20)21)18-9-5-4-8-12(18)16-15(14)19/h2-9H,1H3. The molecule has 0 unspecified atom stereocenters. The summed E-state index contributed by atoms with van der Waals surface area (Å²) in [5.74, 6) is 0. The molecule has 6 nitrogen and oxygen atoms in total. The highest BCUT2D eigenvalue weighted by Crippen LogP contribution is 2.39. The molecule has 0 radical (unpaired) electrons. The average Bonchev–Trinajstić information content (AvgIpc) is 2.52. The molecule has 0 spiro atoms. The zero-order valence-electron chi connectivity index (χ0n) is 11.6. The molecule has 0 atom stereocenters. The zero-order chi connectivity index (χ0) is 15.5. The third-order valence-corrected chi connectivity index (χ3v) is 5.63. The Bertz CT molecular complexity index is 1090. The van der Waals surface area contributed by atoms with E-state index in [4.69, 9.17) is 0 Å². The Morgan fingerprint density at radius 1 is 1.05 bits per heavy atom. The van der Waals surface area contributed by atoms with Crippen molar-refractivity contribution in [2.24, 2.45) is 0 Å². The quantitative estimate of drug-likeness (QED) is 0.630. The van der Waals surface area contributed by atoms with Gasteiger partial charge in [-0.25, -0.2) is 8.42 Å². The molecule has 1 aliphatic heterocycles. The molecule has 4 rings (SSSR count). The van der Waals surface area contributed by atoms with Crippen LogP contribution in [-0.4, -0.2) is 24.9 Å². The van der Waals surface area contributed by atoms with E-state index in [0.29, 0.717) is 16.9 Å². The third-order valence-electron chi connectivity index (χ3n) is 3.82. The molecule has 3 heterocycles. The number of anilines is 1. The summed E-state index contributed by atoms with van der Waals surface area (Å²) in [6.45, 7) is 0. The van der Waals surface area contributed by atoms with Gasteiger partial charge in [0.25, 0.3) is 15.6 Å². The van der Waals surface area contributed by atoms with E-state index in [1.165, 1.54) is 7.05 Å². The smallest absolute Gasteiger partial charge is 0.298 e. The van der Waals surface area contributed by atoms with E-state index in [1.807, 2.05) is 6.07 Å². The fourth-order valence-electron chi connectivity index (χ4n) is 2.78. The van der Waals surface area contributed by atoms with Crippen LogP contribution < -0.4 is 9.86 Å². The number of fused-ring (bicyclic) bond motifs is 5. The molecule has 0 saturated carbocycles. The Morgan fingerprint density at radius 3 is 2.59 bits per heavy atom. The number of benzene rings is 1. The molecule has 22 heavy (non-hydrogen) atoms. The van der Waals surface area contributed by atoms with E-state index in [-0.39, 0.29) is 10.6 Å². The summed E-state index contributed by atoms with van der Waals surface area (Å²) in [5.41, 5.74) is 1.05. The number of rotatable bonds is 0. The second-order valence-electron chi connectivity index (χ2n) is 5.01. The second-order valence-corrected chi connectivity index (χ2v) is 6.95. The number of aromatic nitrogens is 2. The van der Waals surface area contributed by atoms with Crippen LogP contribution in [0.5, 0.6) is 0 Å². The summed E-state index contributed by atoms with van der Waals surface area (Å²) in [5, 5.41) is 0. The summed E-state index contributed by atoms with van der Waals surface area (Å²) in [4.78, 5) is 16.5. The van der Waals surface area contributed by atoms with Crippen LogP contribution in [-0.2, 0) is 10.0 Å². The summed E-state index contributed by atoms with van der Waals surface area (Å²) in [6, 6.07) is 12.0. The van der Waals surface area contributed by atoms with Gasteiger partial charge < -0.3 is 0 Å². The van der Waals surface area contributed by atoms with Crippen LogP contribution in [0.4, 0.5) is 5.69 Å². The maximum absolute atomic E-state index is 12.6. The van der Waals surface area contributed by atoms with Crippen molar-refractivity contribution in [3.05, 3.63) is 59.0 Å². The van der Waals surface area contributed by atoms with Gasteiger partial charge in [-0.3, -0.25) is 13.5 Å². The first kappa shape index (κ1) is 13.0. The second kappa shape index (κ2) is 4.17. The molecule has 110 valence electrons. The van der Waals surface area contributed by atoms with Gasteiger partial charge in [0, 0.05) is 18.8 Å². The van der Waals surface area contributed by atoms with Gasteiger partial charge in [-0.1, -0.05) is 24.3 Å². The van der Waals surface area contributed by atoms with E-state index < -0.39 is 15.6 Å². The minimum Gasteiger partial charge on any atom is -0.299 e. The van der Waals surface area contributed by atoms with Gasteiger partial charge in [0.05, 0.1) is 10.6 Å². The Morgan fingerprint density at radius 2 is 1.77 bits per heavy atom. The van der Waals surface area contributed by atoms with Crippen LogP contribution in [0, 0.1) is 0 Å². The summed E-state index contributed by atoms with van der Waals surface area (Å²) < 4.78 is 28.0. The van der Waals surface area contributed by atoms with Crippen molar-refractivity contribution in [1.82, 2.24) is 9.38 Å². The molecule has 0 bridgehead atoms. The number of hydrogen-bond donors (Lipinski definition) is 0. The van der Waals surface area contributed by atoms with Gasteiger partial charge in [-0.2, -0.15) is 4.98 Å². The lowest BCUT2D eigenvalue weighted by Gasteiger charge is -2.28. The molecule has 0 N–H and O–H groups in total. The normalized spacial score (nSPS) is 15.4. The van der Waals surface area contributed by atoms with E-state index in [9.17, 15) is 13.2 Å². The van der Waals surface area contributed by atoms with Crippen LogP contribution in [0.2, 0.25) is 0 Å². The van der Waals surface area contributed by atoms with Crippen LogP contribution in [0.15, 0.2) is 58.4 Å². The average molecular weight is 313 g/mol. The number of hydrogen-bond acceptors (Lipinski definition) is 4. The largest absolute Gasteiger partial charge is 0.299 e. The minimum absolute atomic E-state index is 0.0717. The molecule has 0 amide bonds. The van der Waals surface area contributed by atoms with Crippen molar-refractivity contribution >= 4 is 21.4 Å². The molecule has 7 heteroatoms. The van der Waals surface area contributed by atoms with Gasteiger partial charge in [-0.15, -0.1) is 0 Å². The zero-order valence-corrected chi connectivity index (χ0v) is 12.4. The van der Waals surface area contributed by atoms with Crippen LogP contribution in [0.1, 0.15) is 0 Å². The van der Waals surface area contributed by atoms with Gasteiger partial charge in [0.15, 0.2) is 0 Å². The van der Waals surface area contributed by atoms with Crippen LogP contribution in [0.25, 0.3) is 16.9 Å². The van der Waals surface area contributed by atoms with Crippen molar-refractivity contribution < 1.29 is 8.42 Å². The monoisotopic (exact) mass is 313 g/mol. The molecule has 0 aliphatic carbocycles. The van der Waals surface area contributed by atoms with E-state index in [2.05, 4.69) is 4.98 Å². The highest BCUT2D eigenvalue weighted by Gasteiger charge is 2.35. The van der Waals surface area contributed by atoms with Crippen LogP contribution >= 0.6 is 0 Å². The molecule has 1 aromatic carbocycles. The lowest BCUT2D eigenvalue weighted by molar-refractivity contribution is 0.593. The van der Waals surface area contributed by atoms with Crippen molar-refractivity contribution in [3.63, 3.8) is 0 Å². The predicted molar refractivity (Wildman–Crippen MR) is 82.5 cm³/mol. The van der Waals surface area contributed by atoms with E-state index in [0.717, 1.165) is 4.31 Å². The fourth-order valence-corrected chi connectivity index (χ4v) is 4.18. The first-order valence-electron chi connectivity index (χ1n) is 6.61. The first-order chi connectivity index (χ1) is 10.5.